The van der Waals surface area contributed by atoms with Crippen LogP contribution in [0.4, 0.5) is 0 Å². The van der Waals surface area contributed by atoms with Crippen LogP contribution < -0.4 is 5.32 Å². The van der Waals surface area contributed by atoms with E-state index >= 15 is 0 Å². The molecule has 1 aliphatic rings. The van der Waals surface area contributed by atoms with Gasteiger partial charge in [-0.2, -0.15) is 0 Å². The Hall–Kier alpha value is -2.13. The van der Waals surface area contributed by atoms with Gasteiger partial charge < -0.3 is 5.32 Å². The Labute approximate surface area is 151 Å². The molecule has 0 saturated carbocycles. The van der Waals surface area contributed by atoms with Crippen LogP contribution in [0, 0.1) is 0 Å². The summed E-state index contributed by atoms with van der Waals surface area (Å²) in [5.41, 5.74) is 3.55. The topological polar surface area (TPSA) is 32.3 Å². The normalized spacial score (nSPS) is 18.0. The zero-order valence-electron chi connectivity index (χ0n) is 15.1. The van der Waals surface area contributed by atoms with Crippen LogP contribution in [-0.2, 0) is 24.3 Å². The third-order valence-corrected chi connectivity index (χ3v) is 5.05. The number of rotatable bonds is 6. The minimum Gasteiger partial charge on any atom is -0.352 e. The van der Waals surface area contributed by atoms with Crippen molar-refractivity contribution in [1.29, 1.82) is 0 Å². The Morgan fingerprint density at radius 3 is 2.44 bits per heavy atom. The van der Waals surface area contributed by atoms with E-state index in [4.69, 9.17) is 0 Å². The van der Waals surface area contributed by atoms with E-state index in [0.29, 0.717) is 19.0 Å². The number of nitrogens with zero attached hydrogens (tertiary/aromatic N) is 1. The van der Waals surface area contributed by atoms with Gasteiger partial charge in [0.2, 0.25) is 5.91 Å². The van der Waals surface area contributed by atoms with Gasteiger partial charge in [-0.1, -0.05) is 61.0 Å². The van der Waals surface area contributed by atoms with Gasteiger partial charge in [-0.3, -0.25) is 9.69 Å². The molecule has 1 heterocycles. The fourth-order valence-electron chi connectivity index (χ4n) is 3.43. The van der Waals surface area contributed by atoms with Crippen molar-refractivity contribution in [3.05, 3.63) is 71.3 Å². The van der Waals surface area contributed by atoms with Gasteiger partial charge in [0.1, 0.15) is 0 Å². The van der Waals surface area contributed by atoms with Gasteiger partial charge in [0.15, 0.2) is 0 Å². The molecule has 1 fully saturated rings. The fourth-order valence-corrected chi connectivity index (χ4v) is 3.43. The van der Waals surface area contributed by atoms with E-state index in [1.54, 1.807) is 0 Å². The Morgan fingerprint density at radius 1 is 1.00 bits per heavy atom. The van der Waals surface area contributed by atoms with Crippen LogP contribution >= 0.6 is 0 Å². The molecule has 0 aliphatic carbocycles. The number of nitrogens with one attached hydrogen (secondary N) is 1. The van der Waals surface area contributed by atoms with E-state index in [2.05, 4.69) is 41.4 Å². The second-order valence-electron chi connectivity index (χ2n) is 7.07. The molecule has 0 spiro atoms. The van der Waals surface area contributed by atoms with Crippen molar-refractivity contribution in [1.82, 2.24) is 10.2 Å². The van der Waals surface area contributed by atoms with Gasteiger partial charge in [-0.25, -0.2) is 0 Å². The number of carbonyl (C=O) groups is 1. The Kier molecular flexibility index (Phi) is 6.24. The monoisotopic (exact) mass is 336 g/mol. The van der Waals surface area contributed by atoms with Crippen LogP contribution in [0.15, 0.2) is 54.6 Å². The summed E-state index contributed by atoms with van der Waals surface area (Å²) in [5, 5.41) is 3.01. The first-order valence-electron chi connectivity index (χ1n) is 9.33. The molecule has 2 aromatic carbocycles. The summed E-state index contributed by atoms with van der Waals surface area (Å²) in [4.78, 5) is 14.6. The van der Waals surface area contributed by atoms with Crippen molar-refractivity contribution in [2.24, 2.45) is 0 Å². The number of hydrogen-bond donors (Lipinski definition) is 1. The lowest BCUT2D eigenvalue weighted by Crippen LogP contribution is -2.36. The molecule has 3 nitrogen and oxygen atoms in total. The van der Waals surface area contributed by atoms with Crippen LogP contribution in [0.25, 0.3) is 0 Å². The molecule has 0 bridgehead atoms. The minimum absolute atomic E-state index is 0.0671. The van der Waals surface area contributed by atoms with Crippen LogP contribution in [0.1, 0.15) is 42.9 Å². The molecular weight excluding hydrogens is 308 g/mol. The summed E-state index contributed by atoms with van der Waals surface area (Å²) in [6, 6.07) is 19.2. The Morgan fingerprint density at radius 2 is 1.72 bits per heavy atom. The third-order valence-electron chi connectivity index (χ3n) is 5.05. The highest BCUT2D eigenvalue weighted by atomic mass is 16.1. The van der Waals surface area contributed by atoms with Crippen LogP contribution in [0.2, 0.25) is 0 Å². The zero-order valence-corrected chi connectivity index (χ0v) is 15.1. The van der Waals surface area contributed by atoms with E-state index in [9.17, 15) is 4.79 Å². The second kappa shape index (κ2) is 8.82. The molecule has 0 radical (unpaired) electrons. The third kappa shape index (κ3) is 5.43. The molecule has 3 heteroatoms. The molecule has 1 amide bonds. The lowest BCUT2D eigenvalue weighted by molar-refractivity contribution is -0.120. The number of hydrogen-bond acceptors (Lipinski definition) is 2. The molecule has 0 aromatic heterocycles. The largest absolute Gasteiger partial charge is 0.352 e. The van der Waals surface area contributed by atoms with E-state index in [1.807, 2.05) is 30.3 Å². The molecule has 3 rings (SSSR count). The highest BCUT2D eigenvalue weighted by Gasteiger charge is 2.17. The van der Waals surface area contributed by atoms with Crippen LogP contribution in [-0.4, -0.2) is 23.4 Å². The molecule has 1 unspecified atom stereocenters. The van der Waals surface area contributed by atoms with Crippen molar-refractivity contribution in [3.8, 4) is 0 Å². The lowest BCUT2D eigenvalue weighted by Gasteiger charge is -2.33. The van der Waals surface area contributed by atoms with Crippen molar-refractivity contribution >= 4 is 5.91 Å². The highest BCUT2D eigenvalue weighted by molar-refractivity contribution is 5.78. The maximum atomic E-state index is 12.0. The summed E-state index contributed by atoms with van der Waals surface area (Å²) < 4.78 is 0. The Bertz CT molecular complexity index is 666. The molecular formula is C22H28N2O. The molecule has 25 heavy (non-hydrogen) atoms. The minimum atomic E-state index is 0.0671. The Balaban J connectivity index is 1.46. The fraction of sp³-hybridized carbons (Fsp3) is 0.409. The molecule has 1 atom stereocenters. The molecule has 1 saturated heterocycles. The molecule has 1 aliphatic heterocycles. The van der Waals surface area contributed by atoms with Gasteiger partial charge in [0, 0.05) is 19.1 Å². The molecule has 1 N–H and O–H groups in total. The number of carbonyl (C=O) groups excluding carboxylic acids is 1. The van der Waals surface area contributed by atoms with Gasteiger partial charge in [-0.05, 0) is 43.0 Å². The first-order valence-corrected chi connectivity index (χ1v) is 9.33. The summed E-state index contributed by atoms with van der Waals surface area (Å²) in [6.07, 6.45) is 4.42. The van der Waals surface area contributed by atoms with Crippen LogP contribution in [0.5, 0.6) is 0 Å². The van der Waals surface area contributed by atoms with Crippen molar-refractivity contribution in [2.75, 3.05) is 6.54 Å². The predicted octanol–water partition coefficient (Wildman–Crippen LogP) is 3.92. The number of piperidine rings is 1. The maximum absolute atomic E-state index is 12.0. The first kappa shape index (κ1) is 17.7. The molecule has 2 aromatic rings. The standard InChI is InChI=1S/C22H28N2O/c1-18-7-5-6-14-24(18)17-21-12-10-20(11-13-21)16-23-22(25)15-19-8-3-2-4-9-19/h2-4,8-13,18H,5-7,14-17H2,1H3,(H,23,25). The van der Waals surface area contributed by atoms with Crippen molar-refractivity contribution < 1.29 is 4.79 Å². The number of amides is 1. The van der Waals surface area contributed by atoms with Gasteiger partial charge in [-0.15, -0.1) is 0 Å². The zero-order chi connectivity index (χ0) is 17.5. The molecule has 132 valence electrons. The van der Waals surface area contributed by atoms with Crippen LogP contribution in [0.3, 0.4) is 0 Å². The summed E-state index contributed by atoms with van der Waals surface area (Å²) in [7, 11) is 0. The SMILES string of the molecule is CC1CCCCN1Cc1ccc(CNC(=O)Cc2ccccc2)cc1. The summed E-state index contributed by atoms with van der Waals surface area (Å²) >= 11 is 0. The number of likely N-dealkylation sites (tertiary alicyclic amines) is 1. The van der Waals surface area contributed by atoms with Crippen molar-refractivity contribution in [3.63, 3.8) is 0 Å². The van der Waals surface area contributed by atoms with E-state index < -0.39 is 0 Å². The van der Waals surface area contributed by atoms with Gasteiger partial charge in [0.05, 0.1) is 6.42 Å². The second-order valence-corrected chi connectivity index (χ2v) is 7.07. The van der Waals surface area contributed by atoms with E-state index in [-0.39, 0.29) is 5.91 Å². The quantitative estimate of drug-likeness (QED) is 0.867. The van der Waals surface area contributed by atoms with Crippen molar-refractivity contribution in [2.45, 2.75) is 51.7 Å². The van der Waals surface area contributed by atoms with E-state index in [0.717, 1.165) is 17.7 Å². The maximum Gasteiger partial charge on any atom is 0.224 e. The average Bonchev–Trinajstić information content (AvgIpc) is 2.64. The highest BCUT2D eigenvalue weighted by Crippen LogP contribution is 2.19. The average molecular weight is 336 g/mol. The lowest BCUT2D eigenvalue weighted by atomic mass is 10.0. The van der Waals surface area contributed by atoms with Gasteiger partial charge in [0.25, 0.3) is 0 Å². The van der Waals surface area contributed by atoms with Gasteiger partial charge >= 0.3 is 0 Å². The summed E-state index contributed by atoms with van der Waals surface area (Å²) in [5.74, 6) is 0.0671. The van der Waals surface area contributed by atoms with E-state index in [1.165, 1.54) is 31.4 Å². The predicted molar refractivity (Wildman–Crippen MR) is 102 cm³/mol. The smallest absolute Gasteiger partial charge is 0.224 e. The first-order chi connectivity index (χ1) is 12.2. The summed E-state index contributed by atoms with van der Waals surface area (Å²) in [6.45, 7) is 5.15. The number of benzene rings is 2.